The molecule has 0 radical (unpaired) electrons. The molecule has 0 aliphatic carbocycles. The summed E-state index contributed by atoms with van der Waals surface area (Å²) < 4.78 is 0. The molecule has 0 saturated carbocycles. The maximum Gasteiger partial charge on any atom is 0.223 e. The van der Waals surface area contributed by atoms with Crippen molar-refractivity contribution in [1.29, 1.82) is 0 Å². The Morgan fingerprint density at radius 1 is 1.20 bits per heavy atom. The van der Waals surface area contributed by atoms with E-state index in [2.05, 4.69) is 5.32 Å². The van der Waals surface area contributed by atoms with Crippen LogP contribution in [0.25, 0.3) is 0 Å². The molecular formula is C19H28N2O3S. The fourth-order valence-corrected chi connectivity index (χ4v) is 4.15. The number of carbonyl (C=O) groups excluding carboxylic acids is 3. The Kier molecular flexibility index (Phi) is 7.17. The number of nitrogens with zero attached hydrogens (tertiary/aromatic N) is 1. The first-order valence-corrected chi connectivity index (χ1v) is 9.89. The number of piperidine rings is 1. The number of ketones is 1. The van der Waals surface area contributed by atoms with Gasteiger partial charge in [-0.3, -0.25) is 14.4 Å². The van der Waals surface area contributed by atoms with E-state index in [1.807, 2.05) is 26.8 Å². The Bertz CT molecular complexity index is 631. The van der Waals surface area contributed by atoms with E-state index in [0.717, 1.165) is 21.7 Å². The highest BCUT2D eigenvalue weighted by Crippen LogP contribution is 2.23. The van der Waals surface area contributed by atoms with Gasteiger partial charge in [0.1, 0.15) is 0 Å². The molecule has 1 saturated heterocycles. The number of likely N-dealkylation sites (tertiary alicyclic amines) is 1. The van der Waals surface area contributed by atoms with Crippen LogP contribution in [0.15, 0.2) is 6.07 Å². The van der Waals surface area contributed by atoms with Gasteiger partial charge in [-0.05, 0) is 39.2 Å². The van der Waals surface area contributed by atoms with Gasteiger partial charge in [-0.1, -0.05) is 6.92 Å². The van der Waals surface area contributed by atoms with Crippen LogP contribution in [-0.4, -0.2) is 42.1 Å². The van der Waals surface area contributed by atoms with Gasteiger partial charge in [0, 0.05) is 53.7 Å². The molecular weight excluding hydrogens is 336 g/mol. The van der Waals surface area contributed by atoms with Crippen LogP contribution in [0, 0.1) is 19.8 Å². The van der Waals surface area contributed by atoms with E-state index in [4.69, 9.17) is 0 Å². The van der Waals surface area contributed by atoms with E-state index in [0.29, 0.717) is 32.5 Å². The second kappa shape index (κ2) is 9.13. The molecule has 2 amide bonds. The summed E-state index contributed by atoms with van der Waals surface area (Å²) in [5.74, 6) is 0.176. The van der Waals surface area contributed by atoms with Gasteiger partial charge in [0.25, 0.3) is 0 Å². The molecule has 1 aromatic rings. The zero-order valence-corrected chi connectivity index (χ0v) is 16.2. The van der Waals surface area contributed by atoms with Crippen LogP contribution >= 0.6 is 11.3 Å². The normalized spacial score (nSPS) is 15.2. The number of amides is 2. The van der Waals surface area contributed by atoms with Gasteiger partial charge in [0.05, 0.1) is 0 Å². The highest BCUT2D eigenvalue weighted by atomic mass is 32.1. The molecule has 25 heavy (non-hydrogen) atoms. The third kappa shape index (κ3) is 5.39. The van der Waals surface area contributed by atoms with E-state index < -0.39 is 0 Å². The van der Waals surface area contributed by atoms with Crippen LogP contribution in [-0.2, 0) is 9.59 Å². The highest BCUT2D eigenvalue weighted by molar-refractivity contribution is 7.12. The average Bonchev–Trinajstić information content (AvgIpc) is 2.95. The SMILES string of the molecule is CCCNC(=O)C1CCN(C(=O)CCC(=O)c2cc(C)sc2C)CC1. The van der Waals surface area contributed by atoms with E-state index >= 15 is 0 Å². The number of carbonyl (C=O) groups is 3. The molecule has 1 aromatic heterocycles. The summed E-state index contributed by atoms with van der Waals surface area (Å²) in [4.78, 5) is 40.6. The quantitative estimate of drug-likeness (QED) is 0.756. The number of hydrogen-bond acceptors (Lipinski definition) is 4. The van der Waals surface area contributed by atoms with Crippen molar-refractivity contribution >= 4 is 28.9 Å². The van der Waals surface area contributed by atoms with Crippen molar-refractivity contribution in [3.63, 3.8) is 0 Å². The lowest BCUT2D eigenvalue weighted by atomic mass is 9.95. The van der Waals surface area contributed by atoms with Gasteiger partial charge in [-0.25, -0.2) is 0 Å². The molecule has 138 valence electrons. The maximum absolute atomic E-state index is 12.3. The van der Waals surface area contributed by atoms with E-state index in [1.165, 1.54) is 0 Å². The number of nitrogens with one attached hydrogen (secondary N) is 1. The standard InChI is InChI=1S/C19H28N2O3S/c1-4-9-20-19(24)15-7-10-21(11-8-15)18(23)6-5-17(22)16-12-13(2)25-14(16)3/h12,15H,4-11H2,1-3H3,(H,20,24). The number of thiophene rings is 1. The number of rotatable bonds is 7. The largest absolute Gasteiger partial charge is 0.356 e. The molecule has 1 N–H and O–H groups in total. The third-order valence-corrected chi connectivity index (χ3v) is 5.64. The molecule has 1 aliphatic heterocycles. The average molecular weight is 365 g/mol. The summed E-state index contributed by atoms with van der Waals surface area (Å²) in [5, 5.41) is 2.93. The topological polar surface area (TPSA) is 66.5 Å². The predicted molar refractivity (Wildman–Crippen MR) is 100.0 cm³/mol. The highest BCUT2D eigenvalue weighted by Gasteiger charge is 2.27. The van der Waals surface area contributed by atoms with E-state index in [-0.39, 0.29) is 36.4 Å². The zero-order chi connectivity index (χ0) is 18.4. The van der Waals surface area contributed by atoms with Crippen LogP contribution in [0.5, 0.6) is 0 Å². The molecule has 0 aromatic carbocycles. The Morgan fingerprint density at radius 2 is 1.88 bits per heavy atom. The van der Waals surface area contributed by atoms with E-state index in [1.54, 1.807) is 16.2 Å². The first kappa shape index (κ1) is 19.6. The molecule has 0 atom stereocenters. The van der Waals surface area contributed by atoms with Gasteiger partial charge < -0.3 is 10.2 Å². The summed E-state index contributed by atoms with van der Waals surface area (Å²) in [6.45, 7) is 7.88. The second-order valence-corrected chi connectivity index (χ2v) is 8.16. The molecule has 5 nitrogen and oxygen atoms in total. The number of aryl methyl sites for hydroxylation is 2. The Balaban J connectivity index is 1.76. The van der Waals surface area contributed by atoms with Gasteiger partial charge in [-0.2, -0.15) is 0 Å². The zero-order valence-electron chi connectivity index (χ0n) is 15.4. The molecule has 1 aliphatic rings. The van der Waals surface area contributed by atoms with Gasteiger partial charge in [0.15, 0.2) is 5.78 Å². The van der Waals surface area contributed by atoms with Crippen LogP contribution < -0.4 is 5.32 Å². The lowest BCUT2D eigenvalue weighted by Crippen LogP contribution is -2.43. The van der Waals surface area contributed by atoms with Gasteiger partial charge in [0.2, 0.25) is 11.8 Å². The molecule has 0 bridgehead atoms. The first-order chi connectivity index (χ1) is 11.9. The molecule has 1 fully saturated rings. The van der Waals surface area contributed by atoms with Crippen molar-refractivity contribution in [1.82, 2.24) is 10.2 Å². The fraction of sp³-hybridized carbons (Fsp3) is 0.632. The second-order valence-electron chi connectivity index (χ2n) is 6.70. The Hall–Kier alpha value is -1.69. The third-order valence-electron chi connectivity index (χ3n) is 4.67. The Labute approximate surface area is 153 Å². The molecule has 0 unspecified atom stereocenters. The van der Waals surface area contributed by atoms with Crippen molar-refractivity contribution in [2.75, 3.05) is 19.6 Å². The molecule has 2 heterocycles. The van der Waals surface area contributed by atoms with Crippen LogP contribution in [0.4, 0.5) is 0 Å². The molecule has 0 spiro atoms. The van der Waals surface area contributed by atoms with Crippen LogP contribution in [0.1, 0.15) is 59.1 Å². The lowest BCUT2D eigenvalue weighted by Gasteiger charge is -2.31. The van der Waals surface area contributed by atoms with E-state index in [9.17, 15) is 14.4 Å². The Morgan fingerprint density at radius 3 is 2.44 bits per heavy atom. The smallest absolute Gasteiger partial charge is 0.223 e. The fourth-order valence-electron chi connectivity index (χ4n) is 3.20. The van der Waals surface area contributed by atoms with Crippen LogP contribution in [0.2, 0.25) is 0 Å². The maximum atomic E-state index is 12.3. The first-order valence-electron chi connectivity index (χ1n) is 9.08. The predicted octanol–water partition coefficient (Wildman–Crippen LogP) is 3.09. The summed E-state index contributed by atoms with van der Waals surface area (Å²) >= 11 is 1.61. The lowest BCUT2D eigenvalue weighted by molar-refractivity contribution is -0.135. The van der Waals surface area contributed by atoms with Crippen molar-refractivity contribution in [2.24, 2.45) is 5.92 Å². The van der Waals surface area contributed by atoms with Crippen molar-refractivity contribution < 1.29 is 14.4 Å². The summed E-state index contributed by atoms with van der Waals surface area (Å²) in [6.07, 6.45) is 2.85. The van der Waals surface area contributed by atoms with Crippen molar-refractivity contribution in [3.05, 3.63) is 21.4 Å². The van der Waals surface area contributed by atoms with Crippen molar-refractivity contribution in [2.45, 2.75) is 52.9 Å². The van der Waals surface area contributed by atoms with Gasteiger partial charge >= 0.3 is 0 Å². The van der Waals surface area contributed by atoms with Crippen LogP contribution in [0.3, 0.4) is 0 Å². The number of Topliss-reactive ketones (excluding diaryl/α,β-unsaturated/α-hetero) is 1. The number of hydrogen-bond donors (Lipinski definition) is 1. The minimum absolute atomic E-state index is 0.00802. The molecule has 2 rings (SSSR count). The summed E-state index contributed by atoms with van der Waals surface area (Å²) in [5.41, 5.74) is 0.751. The molecule has 6 heteroatoms. The summed E-state index contributed by atoms with van der Waals surface area (Å²) in [6, 6.07) is 1.91. The van der Waals surface area contributed by atoms with Gasteiger partial charge in [-0.15, -0.1) is 11.3 Å². The minimum atomic E-state index is 0.00802. The summed E-state index contributed by atoms with van der Waals surface area (Å²) in [7, 11) is 0. The van der Waals surface area contributed by atoms with Crippen molar-refractivity contribution in [3.8, 4) is 0 Å². The minimum Gasteiger partial charge on any atom is -0.356 e. The monoisotopic (exact) mass is 364 g/mol.